The molecule has 2 amide bonds. The van der Waals surface area contributed by atoms with Crippen molar-refractivity contribution in [3.63, 3.8) is 0 Å². The lowest BCUT2D eigenvalue weighted by Gasteiger charge is -2.07. The minimum Gasteiger partial charge on any atom is -0.352 e. The number of hydrogen-bond acceptors (Lipinski definition) is 6. The zero-order valence-corrected chi connectivity index (χ0v) is 15.0. The van der Waals surface area contributed by atoms with Gasteiger partial charge in [-0.3, -0.25) is 14.1 Å². The molecule has 25 heavy (non-hydrogen) atoms. The second-order valence-corrected chi connectivity index (χ2v) is 7.83. The van der Waals surface area contributed by atoms with Crippen molar-refractivity contribution in [1.29, 1.82) is 0 Å². The van der Waals surface area contributed by atoms with Gasteiger partial charge in [0.25, 0.3) is 21.9 Å². The van der Waals surface area contributed by atoms with E-state index in [4.69, 9.17) is 4.55 Å². The van der Waals surface area contributed by atoms with Crippen LogP contribution in [0.5, 0.6) is 0 Å². The predicted octanol–water partition coefficient (Wildman–Crippen LogP) is -0.574. The number of thiol groups is 1. The molecule has 0 saturated carbocycles. The fourth-order valence-electron chi connectivity index (χ4n) is 1.87. The molecule has 3 N–H and O–H groups in total. The number of benzene rings is 1. The molecule has 0 bridgehead atoms. The molecule has 1 rings (SSSR count). The van der Waals surface area contributed by atoms with Gasteiger partial charge < -0.3 is 10.6 Å². The van der Waals surface area contributed by atoms with E-state index in [1.807, 2.05) is 0 Å². The maximum absolute atomic E-state index is 12.0. The lowest BCUT2D eigenvalue weighted by Crippen LogP contribution is -2.27. The highest BCUT2D eigenvalue weighted by molar-refractivity contribution is 7.85. The average molecular weight is 392 g/mol. The summed E-state index contributed by atoms with van der Waals surface area (Å²) in [6, 6.07) is 5.91. The summed E-state index contributed by atoms with van der Waals surface area (Å²) < 4.78 is 50.6. The van der Waals surface area contributed by atoms with Crippen molar-refractivity contribution in [2.45, 2.75) is 12.8 Å². The van der Waals surface area contributed by atoms with Gasteiger partial charge in [-0.25, -0.2) is 8.42 Å². The van der Waals surface area contributed by atoms with Crippen molar-refractivity contribution in [3.05, 3.63) is 35.4 Å². The molecule has 0 aliphatic carbocycles. The summed E-state index contributed by atoms with van der Waals surface area (Å²) in [5, 5.41) is 5.05. The van der Waals surface area contributed by atoms with E-state index in [-0.39, 0.29) is 36.4 Å². The molecule has 0 aromatic heterocycles. The fourth-order valence-corrected chi connectivity index (χ4v) is 2.80. The van der Waals surface area contributed by atoms with Crippen molar-refractivity contribution in [1.82, 2.24) is 10.6 Å². The Morgan fingerprint density at radius 2 is 1.52 bits per heavy atom. The summed E-state index contributed by atoms with van der Waals surface area (Å²) in [4.78, 5) is 23.9. The Balaban J connectivity index is 2.52. The molecule has 0 unspecified atom stereocenters. The number of rotatable bonds is 10. The van der Waals surface area contributed by atoms with Gasteiger partial charge in [-0.1, -0.05) is 6.07 Å². The van der Waals surface area contributed by atoms with Gasteiger partial charge in [-0.15, -0.1) is 0 Å². The molecule has 0 heterocycles. The smallest absolute Gasteiger partial charge is 0.264 e. The van der Waals surface area contributed by atoms with E-state index in [1.54, 1.807) is 0 Å². The molecule has 0 aliphatic rings. The van der Waals surface area contributed by atoms with Crippen molar-refractivity contribution in [2.24, 2.45) is 0 Å². The second-order valence-electron chi connectivity index (χ2n) is 5.14. The minimum atomic E-state index is -4.06. The molecule has 0 fully saturated rings. The summed E-state index contributed by atoms with van der Waals surface area (Å²) in [5.74, 6) is -1.37. The summed E-state index contributed by atoms with van der Waals surface area (Å²) in [5.41, 5.74) is 0.472. The second kappa shape index (κ2) is 10.1. The van der Waals surface area contributed by atoms with Crippen molar-refractivity contribution >= 4 is 32.6 Å². The molecule has 1 aromatic carbocycles. The average Bonchev–Trinajstić information content (AvgIpc) is 2.54. The third kappa shape index (κ3) is 9.17. The number of hydrogen-bond donors (Lipinski definition) is 4. The van der Waals surface area contributed by atoms with Crippen LogP contribution in [0.2, 0.25) is 0 Å². The van der Waals surface area contributed by atoms with Crippen molar-refractivity contribution in [2.75, 3.05) is 24.6 Å². The first-order valence-electron chi connectivity index (χ1n) is 7.42. The third-order valence-corrected chi connectivity index (χ3v) is 4.54. The van der Waals surface area contributed by atoms with Gasteiger partial charge in [0.15, 0.2) is 0 Å². The van der Waals surface area contributed by atoms with Gasteiger partial charge in [0.05, 0.1) is 5.75 Å². The highest BCUT2D eigenvalue weighted by Gasteiger charge is 2.11. The Labute approximate surface area is 147 Å². The lowest BCUT2D eigenvalue weighted by atomic mass is 10.1. The van der Waals surface area contributed by atoms with Crippen LogP contribution in [0.1, 0.15) is 33.6 Å². The molecule has 0 aliphatic heterocycles. The van der Waals surface area contributed by atoms with Gasteiger partial charge in [-0.05, 0) is 31.0 Å². The predicted molar refractivity (Wildman–Crippen MR) is 91.9 cm³/mol. The van der Waals surface area contributed by atoms with Gasteiger partial charge in [0.1, 0.15) is 10.7 Å². The van der Waals surface area contributed by atoms with E-state index in [0.29, 0.717) is 6.42 Å². The number of amides is 2. The van der Waals surface area contributed by atoms with Crippen LogP contribution in [0.4, 0.5) is 0 Å². The van der Waals surface area contributed by atoms with Crippen molar-refractivity contribution in [3.8, 4) is 0 Å². The van der Waals surface area contributed by atoms with Gasteiger partial charge >= 0.3 is 0 Å². The van der Waals surface area contributed by atoms with E-state index in [1.165, 1.54) is 24.3 Å². The molecular formula is C14H20N2O7S2. The van der Waals surface area contributed by atoms with Crippen LogP contribution in [-0.2, 0) is 20.8 Å². The first-order valence-corrected chi connectivity index (χ1v) is 10.4. The summed E-state index contributed by atoms with van der Waals surface area (Å²) in [6.07, 6.45) is 0.366. The number of carbonyl (C=O) groups is 2. The molecule has 0 atom stereocenters. The zero-order chi connectivity index (χ0) is 18.9. The third-order valence-electron chi connectivity index (χ3n) is 3.05. The van der Waals surface area contributed by atoms with Crippen LogP contribution in [0.15, 0.2) is 24.3 Å². The van der Waals surface area contributed by atoms with Crippen LogP contribution >= 0.6 is 0 Å². The van der Waals surface area contributed by atoms with Crippen LogP contribution in [-0.4, -0.2) is 57.8 Å². The van der Waals surface area contributed by atoms with Gasteiger partial charge in [0, 0.05) is 30.0 Å². The first kappa shape index (κ1) is 21.1. The van der Waals surface area contributed by atoms with Crippen molar-refractivity contribution < 1.29 is 31.0 Å². The quantitative estimate of drug-likeness (QED) is 0.237. The SMILES string of the molecule is O=C(NCCC[SH](=O)=O)c1cccc(C(=O)NCCCS(=O)(=O)O)c1. The summed E-state index contributed by atoms with van der Waals surface area (Å²) in [6.45, 7) is 0.261. The molecule has 11 heteroatoms. The lowest BCUT2D eigenvalue weighted by molar-refractivity contribution is 0.0953. The van der Waals surface area contributed by atoms with E-state index in [0.717, 1.165) is 0 Å². The number of carbonyl (C=O) groups excluding carboxylic acids is 2. The zero-order valence-electron chi connectivity index (χ0n) is 13.3. The molecule has 140 valence electrons. The highest BCUT2D eigenvalue weighted by Crippen LogP contribution is 2.05. The largest absolute Gasteiger partial charge is 0.352 e. The standard InChI is InChI=1S/C14H20N2O7S2/c17-13(15-6-2-8-24(19)20)11-4-1-5-12(10-11)14(18)16-7-3-9-25(21,22)23/h1,4-5,10,24H,2-3,6-9H2,(H,15,17)(H,16,18)(H,21,22,23). The maximum atomic E-state index is 12.0. The van der Waals surface area contributed by atoms with Crippen LogP contribution in [0.3, 0.4) is 0 Å². The van der Waals surface area contributed by atoms with Gasteiger partial charge in [-0.2, -0.15) is 8.42 Å². The van der Waals surface area contributed by atoms with E-state index >= 15 is 0 Å². The molecular weight excluding hydrogens is 372 g/mol. The summed E-state index contributed by atoms with van der Waals surface area (Å²) >= 11 is 0. The first-order chi connectivity index (χ1) is 11.7. The monoisotopic (exact) mass is 392 g/mol. The van der Waals surface area contributed by atoms with Gasteiger partial charge in [0.2, 0.25) is 0 Å². The van der Waals surface area contributed by atoms with Crippen LogP contribution in [0.25, 0.3) is 0 Å². The summed E-state index contributed by atoms with van der Waals surface area (Å²) in [7, 11) is -6.54. The minimum absolute atomic E-state index is 0.0123. The van der Waals surface area contributed by atoms with Crippen LogP contribution < -0.4 is 10.6 Å². The highest BCUT2D eigenvalue weighted by atomic mass is 32.2. The Kier molecular flexibility index (Phi) is 8.52. The molecule has 0 saturated heterocycles. The Morgan fingerprint density at radius 3 is 2.00 bits per heavy atom. The normalized spacial score (nSPS) is 11.3. The van der Waals surface area contributed by atoms with E-state index in [2.05, 4.69) is 10.6 Å². The number of nitrogens with one attached hydrogen (secondary N) is 2. The molecule has 9 nitrogen and oxygen atoms in total. The molecule has 1 aromatic rings. The molecule has 0 spiro atoms. The Hall–Kier alpha value is -1.98. The maximum Gasteiger partial charge on any atom is 0.264 e. The Morgan fingerprint density at radius 1 is 1.00 bits per heavy atom. The topological polar surface area (TPSA) is 147 Å². The van der Waals surface area contributed by atoms with E-state index < -0.39 is 38.4 Å². The fraction of sp³-hybridized carbons (Fsp3) is 0.429. The Bertz CT molecular complexity index is 780. The van der Waals surface area contributed by atoms with Crippen LogP contribution in [0, 0.1) is 0 Å². The van der Waals surface area contributed by atoms with E-state index in [9.17, 15) is 26.4 Å². The molecule has 0 radical (unpaired) electrons.